The number of hydrogen-bond acceptors (Lipinski definition) is 8. The summed E-state index contributed by atoms with van der Waals surface area (Å²) < 4.78 is 69.1. The van der Waals surface area contributed by atoms with Gasteiger partial charge < -0.3 is 14.8 Å². The van der Waals surface area contributed by atoms with Crippen molar-refractivity contribution in [2.45, 2.75) is 44.1 Å². The molecule has 0 bridgehead atoms. The van der Waals surface area contributed by atoms with E-state index in [9.17, 15) is 13.2 Å². The number of likely N-dealkylation sites (tertiary alicyclic amines) is 1. The van der Waals surface area contributed by atoms with Crippen molar-refractivity contribution in [3.05, 3.63) is 30.2 Å². The lowest BCUT2D eigenvalue weighted by Crippen LogP contribution is -2.57. The second-order valence-electron chi connectivity index (χ2n) is 9.53. The van der Waals surface area contributed by atoms with Crippen molar-refractivity contribution in [1.82, 2.24) is 34.5 Å². The molecule has 202 valence electrons. The zero-order chi connectivity index (χ0) is 26.4. The van der Waals surface area contributed by atoms with Gasteiger partial charge in [0.25, 0.3) is 0 Å². The minimum atomic E-state index is -2.48. The minimum Gasteiger partial charge on any atom is -0.479 e. The minimum absolute atomic E-state index is 0.0268. The van der Waals surface area contributed by atoms with Crippen molar-refractivity contribution >= 4 is 22.5 Å². The molecule has 2 aliphatic heterocycles. The Hall–Kier alpha value is -3.52. The topological polar surface area (TPSA) is 94.6 Å². The zero-order valence-electron chi connectivity index (χ0n) is 20.5. The Kier molecular flexibility index (Phi) is 6.51. The number of anilines is 1. The highest BCUT2D eigenvalue weighted by Gasteiger charge is 2.36. The molecule has 0 aliphatic carbocycles. The van der Waals surface area contributed by atoms with Crippen LogP contribution in [0.3, 0.4) is 0 Å². The molecular formula is C24H26F4N8O2. The van der Waals surface area contributed by atoms with E-state index in [4.69, 9.17) is 9.47 Å². The van der Waals surface area contributed by atoms with E-state index in [1.54, 1.807) is 18.2 Å². The van der Waals surface area contributed by atoms with Gasteiger partial charge in [-0.3, -0.25) is 4.90 Å². The van der Waals surface area contributed by atoms with Gasteiger partial charge in [0, 0.05) is 26.1 Å². The summed E-state index contributed by atoms with van der Waals surface area (Å²) in [5.74, 6) is -0.362. The van der Waals surface area contributed by atoms with Gasteiger partial charge in [0.1, 0.15) is 17.2 Å². The zero-order valence-corrected chi connectivity index (χ0v) is 20.5. The first-order valence-corrected chi connectivity index (χ1v) is 12.4. The second-order valence-corrected chi connectivity index (χ2v) is 9.53. The SMILES string of the molecule is COc1nc(N[C@H]2CCN(C3COC3)C[C@H]2F)nn2cc(F)c(-c3ccc4nnn(CCC(F)F)c4c3)c12. The quantitative estimate of drug-likeness (QED) is 0.345. The Morgan fingerprint density at radius 2 is 2.11 bits per heavy atom. The lowest BCUT2D eigenvalue weighted by molar-refractivity contribution is -0.0794. The summed E-state index contributed by atoms with van der Waals surface area (Å²) >= 11 is 0. The van der Waals surface area contributed by atoms with E-state index in [0.717, 1.165) is 6.54 Å². The van der Waals surface area contributed by atoms with Crippen molar-refractivity contribution < 1.29 is 27.0 Å². The van der Waals surface area contributed by atoms with E-state index in [1.165, 1.54) is 22.5 Å². The van der Waals surface area contributed by atoms with Crippen LogP contribution in [-0.4, -0.2) is 92.6 Å². The Morgan fingerprint density at radius 3 is 2.82 bits per heavy atom. The maximum atomic E-state index is 15.3. The molecule has 4 aromatic rings. The van der Waals surface area contributed by atoms with E-state index in [2.05, 4.69) is 30.6 Å². The van der Waals surface area contributed by atoms with Crippen molar-refractivity contribution in [2.24, 2.45) is 0 Å². The van der Waals surface area contributed by atoms with Crippen molar-refractivity contribution in [2.75, 3.05) is 38.7 Å². The molecular weight excluding hydrogens is 508 g/mol. The van der Waals surface area contributed by atoms with Crippen LogP contribution in [0.1, 0.15) is 12.8 Å². The number of alkyl halides is 3. The first-order valence-electron chi connectivity index (χ1n) is 12.4. The monoisotopic (exact) mass is 534 g/mol. The molecule has 0 spiro atoms. The summed E-state index contributed by atoms with van der Waals surface area (Å²) in [5.41, 5.74) is 1.90. The van der Waals surface area contributed by atoms with Gasteiger partial charge in [-0.25, -0.2) is 26.8 Å². The molecule has 2 aliphatic rings. The molecule has 2 saturated heterocycles. The summed E-state index contributed by atoms with van der Waals surface area (Å²) in [7, 11) is 1.41. The standard InChI is InChI=1S/C24H26F4N8O2/c1-37-23-22-21(13-2-3-18-19(8-13)35(33-31-18)7-5-20(27)28)16(26)10-36(22)32-24(30-23)29-17-4-6-34(9-15(17)25)14-11-38-12-14/h2-3,8,10,14-15,17,20H,4-7,9,11-12H2,1H3,(H,29,32)/t15-,17+/m1/s1. The number of aryl methyl sites for hydroxylation is 1. The fraction of sp³-hybridized carbons (Fsp3) is 0.500. The van der Waals surface area contributed by atoms with Crippen LogP contribution in [0, 0.1) is 5.82 Å². The van der Waals surface area contributed by atoms with Gasteiger partial charge in [0.05, 0.1) is 49.7 Å². The van der Waals surface area contributed by atoms with E-state index in [1.807, 2.05) is 0 Å². The van der Waals surface area contributed by atoms with E-state index >= 15 is 4.39 Å². The number of ether oxygens (including phenoxy) is 2. The van der Waals surface area contributed by atoms with Gasteiger partial charge in [-0.05, 0) is 24.1 Å². The van der Waals surface area contributed by atoms with Gasteiger partial charge in [-0.15, -0.1) is 10.2 Å². The number of piperidine rings is 1. The summed E-state index contributed by atoms with van der Waals surface area (Å²) in [6.45, 7) is 2.24. The van der Waals surface area contributed by atoms with Crippen LogP contribution in [0.15, 0.2) is 24.4 Å². The summed E-state index contributed by atoms with van der Waals surface area (Å²) in [5, 5.41) is 15.4. The molecule has 0 amide bonds. The number of nitrogens with one attached hydrogen (secondary N) is 1. The highest BCUT2D eigenvalue weighted by molar-refractivity contribution is 5.89. The molecule has 0 saturated carbocycles. The Bertz CT molecular complexity index is 1460. The van der Waals surface area contributed by atoms with Gasteiger partial charge in [-0.2, -0.15) is 4.98 Å². The van der Waals surface area contributed by atoms with E-state index < -0.39 is 24.5 Å². The lowest BCUT2D eigenvalue weighted by Gasteiger charge is -2.42. The van der Waals surface area contributed by atoms with Crippen LogP contribution in [0.5, 0.6) is 5.88 Å². The Balaban J connectivity index is 1.30. The molecule has 1 N–H and O–H groups in total. The second kappa shape index (κ2) is 9.98. The van der Waals surface area contributed by atoms with Gasteiger partial charge in [0.2, 0.25) is 18.3 Å². The molecule has 2 fully saturated rings. The molecule has 10 nitrogen and oxygen atoms in total. The van der Waals surface area contributed by atoms with Crippen molar-refractivity contribution in [3.8, 4) is 17.0 Å². The Labute approximate surface area is 214 Å². The third-order valence-electron chi connectivity index (χ3n) is 7.13. The predicted molar refractivity (Wildman–Crippen MR) is 130 cm³/mol. The number of hydrogen-bond donors (Lipinski definition) is 1. The van der Waals surface area contributed by atoms with Crippen LogP contribution < -0.4 is 10.1 Å². The number of methoxy groups -OCH3 is 1. The van der Waals surface area contributed by atoms with Crippen LogP contribution in [-0.2, 0) is 11.3 Å². The largest absolute Gasteiger partial charge is 0.479 e. The Morgan fingerprint density at radius 1 is 1.26 bits per heavy atom. The number of benzene rings is 1. The average molecular weight is 535 g/mol. The third kappa shape index (κ3) is 4.51. The highest BCUT2D eigenvalue weighted by atomic mass is 19.3. The molecule has 3 aromatic heterocycles. The van der Waals surface area contributed by atoms with Crippen LogP contribution >= 0.6 is 0 Å². The number of aromatic nitrogens is 6. The van der Waals surface area contributed by atoms with Gasteiger partial charge >= 0.3 is 0 Å². The predicted octanol–water partition coefficient (Wildman–Crippen LogP) is 3.17. The van der Waals surface area contributed by atoms with Crippen LogP contribution in [0.2, 0.25) is 0 Å². The van der Waals surface area contributed by atoms with Crippen LogP contribution in [0.25, 0.3) is 27.7 Å². The molecule has 2 atom stereocenters. The number of rotatable bonds is 8. The van der Waals surface area contributed by atoms with E-state index in [-0.39, 0.29) is 41.9 Å². The maximum Gasteiger partial charge on any atom is 0.244 e. The molecule has 14 heteroatoms. The summed E-state index contributed by atoms with van der Waals surface area (Å²) in [4.78, 5) is 6.50. The number of fused-ring (bicyclic) bond motifs is 2. The lowest BCUT2D eigenvalue weighted by atomic mass is 10.0. The van der Waals surface area contributed by atoms with Crippen LogP contribution in [0.4, 0.5) is 23.5 Å². The molecule has 0 unspecified atom stereocenters. The maximum absolute atomic E-state index is 15.3. The van der Waals surface area contributed by atoms with Crippen molar-refractivity contribution in [3.63, 3.8) is 0 Å². The molecule has 0 radical (unpaired) electrons. The molecule has 1 aromatic carbocycles. The third-order valence-corrected chi connectivity index (χ3v) is 7.13. The molecule has 5 heterocycles. The fourth-order valence-corrected chi connectivity index (χ4v) is 5.03. The molecule has 38 heavy (non-hydrogen) atoms. The highest BCUT2D eigenvalue weighted by Crippen LogP contribution is 2.35. The van der Waals surface area contributed by atoms with Gasteiger partial charge in [0.15, 0.2) is 5.82 Å². The first-order chi connectivity index (χ1) is 18.4. The molecule has 6 rings (SSSR count). The number of nitrogens with zero attached hydrogens (tertiary/aromatic N) is 7. The van der Waals surface area contributed by atoms with Gasteiger partial charge in [-0.1, -0.05) is 11.3 Å². The van der Waals surface area contributed by atoms with E-state index in [0.29, 0.717) is 42.8 Å². The smallest absolute Gasteiger partial charge is 0.244 e. The normalized spacial score (nSPS) is 20.9. The van der Waals surface area contributed by atoms with Crippen molar-refractivity contribution in [1.29, 1.82) is 0 Å². The average Bonchev–Trinajstić information content (AvgIpc) is 3.42. The summed E-state index contributed by atoms with van der Waals surface area (Å²) in [6, 6.07) is 4.71. The fourth-order valence-electron chi connectivity index (χ4n) is 5.03. The summed E-state index contributed by atoms with van der Waals surface area (Å²) in [6.07, 6.45) is -2.24. The first kappa shape index (κ1) is 24.8. The number of halogens is 4.